The van der Waals surface area contributed by atoms with E-state index in [1.54, 1.807) is 6.20 Å². The number of rotatable bonds is 3. The summed E-state index contributed by atoms with van der Waals surface area (Å²) in [5.74, 6) is 0.691. The molecule has 1 aliphatic rings. The molecule has 106 valence electrons. The lowest BCUT2D eigenvalue weighted by atomic mass is 9.97. The van der Waals surface area contributed by atoms with Gasteiger partial charge in [-0.15, -0.1) is 0 Å². The van der Waals surface area contributed by atoms with Crippen molar-refractivity contribution in [1.82, 2.24) is 19.6 Å². The van der Waals surface area contributed by atoms with Crippen LogP contribution in [0.25, 0.3) is 5.65 Å². The zero-order chi connectivity index (χ0) is 13.9. The number of nitrogens with zero attached hydrogens (tertiary/aromatic N) is 3. The molecule has 0 saturated carbocycles. The first kappa shape index (κ1) is 13.1. The summed E-state index contributed by atoms with van der Waals surface area (Å²) >= 11 is 0. The van der Waals surface area contributed by atoms with E-state index in [-0.39, 0.29) is 5.91 Å². The van der Waals surface area contributed by atoms with Gasteiger partial charge < -0.3 is 14.6 Å². The Morgan fingerprint density at radius 2 is 2.40 bits per heavy atom. The average molecular weight is 272 g/mol. The van der Waals surface area contributed by atoms with Gasteiger partial charge in [0.15, 0.2) is 0 Å². The van der Waals surface area contributed by atoms with Crippen LogP contribution in [0.5, 0.6) is 0 Å². The first-order valence-corrected chi connectivity index (χ1v) is 7.14. The van der Waals surface area contributed by atoms with Crippen LogP contribution in [0.2, 0.25) is 0 Å². The Morgan fingerprint density at radius 3 is 3.25 bits per heavy atom. The molecule has 0 radical (unpaired) electrons. The summed E-state index contributed by atoms with van der Waals surface area (Å²) in [5, 5.41) is 3.21. The predicted octanol–water partition coefficient (Wildman–Crippen LogP) is 1.41. The second-order valence-corrected chi connectivity index (χ2v) is 5.43. The molecule has 1 aliphatic heterocycles. The number of carbonyl (C=O) groups is 1. The van der Waals surface area contributed by atoms with Crippen LogP contribution in [0.15, 0.2) is 30.7 Å². The summed E-state index contributed by atoms with van der Waals surface area (Å²) < 4.78 is 1.89. The zero-order valence-electron chi connectivity index (χ0n) is 11.7. The molecule has 3 heterocycles. The first-order valence-electron chi connectivity index (χ1n) is 7.14. The van der Waals surface area contributed by atoms with E-state index in [4.69, 9.17) is 0 Å². The number of fused-ring (bicyclic) bond motifs is 1. The maximum atomic E-state index is 12.6. The van der Waals surface area contributed by atoms with Crippen LogP contribution in [-0.4, -0.2) is 46.9 Å². The predicted molar refractivity (Wildman–Crippen MR) is 77.7 cm³/mol. The molecule has 1 fully saturated rings. The molecule has 5 nitrogen and oxygen atoms in total. The SMILES string of the molecule is CNC[C@H]1CCCN(C(=O)c2ccc3nccn3c2)C1. The molecule has 3 rings (SSSR count). The summed E-state index contributed by atoms with van der Waals surface area (Å²) in [7, 11) is 1.97. The van der Waals surface area contributed by atoms with Crippen LogP contribution in [0.4, 0.5) is 0 Å². The molecule has 2 aromatic heterocycles. The van der Waals surface area contributed by atoms with Gasteiger partial charge in [-0.1, -0.05) is 0 Å². The van der Waals surface area contributed by atoms with Gasteiger partial charge in [-0.3, -0.25) is 4.79 Å². The van der Waals surface area contributed by atoms with Crippen molar-refractivity contribution in [3.8, 4) is 0 Å². The van der Waals surface area contributed by atoms with Crippen LogP contribution in [0, 0.1) is 5.92 Å². The fourth-order valence-electron chi connectivity index (χ4n) is 2.93. The van der Waals surface area contributed by atoms with Crippen LogP contribution in [0.1, 0.15) is 23.2 Å². The lowest BCUT2D eigenvalue weighted by Gasteiger charge is -2.32. The molecular weight excluding hydrogens is 252 g/mol. The first-order chi connectivity index (χ1) is 9.78. The van der Waals surface area contributed by atoms with Crippen molar-refractivity contribution in [2.45, 2.75) is 12.8 Å². The molecule has 1 N–H and O–H groups in total. The number of pyridine rings is 1. The van der Waals surface area contributed by atoms with Gasteiger partial charge in [0.2, 0.25) is 0 Å². The van der Waals surface area contributed by atoms with Crippen LogP contribution >= 0.6 is 0 Å². The molecule has 1 atom stereocenters. The maximum Gasteiger partial charge on any atom is 0.255 e. The van der Waals surface area contributed by atoms with Gasteiger partial charge in [-0.2, -0.15) is 0 Å². The number of hydrogen-bond donors (Lipinski definition) is 1. The number of nitrogens with one attached hydrogen (secondary N) is 1. The van der Waals surface area contributed by atoms with E-state index in [9.17, 15) is 4.79 Å². The number of carbonyl (C=O) groups excluding carboxylic acids is 1. The molecule has 2 aromatic rings. The number of aromatic nitrogens is 2. The summed E-state index contributed by atoms with van der Waals surface area (Å²) in [6.45, 7) is 2.69. The van der Waals surface area contributed by atoms with Gasteiger partial charge in [-0.25, -0.2) is 4.98 Å². The Hall–Kier alpha value is -1.88. The minimum Gasteiger partial charge on any atom is -0.338 e. The number of imidazole rings is 1. The quantitative estimate of drug-likeness (QED) is 0.919. The van der Waals surface area contributed by atoms with Crippen molar-refractivity contribution < 1.29 is 4.79 Å². The third-order valence-electron chi connectivity index (χ3n) is 3.93. The van der Waals surface area contributed by atoms with E-state index in [0.717, 1.165) is 37.3 Å². The standard InChI is InChI=1S/C15H20N4O/c1-16-9-12-3-2-7-19(10-12)15(20)13-4-5-14-17-6-8-18(14)11-13/h4-6,8,11-12,16H,2-3,7,9-10H2,1H3/t12-/m1/s1. The molecule has 0 aromatic carbocycles. The van der Waals surface area contributed by atoms with Crippen molar-refractivity contribution in [1.29, 1.82) is 0 Å². The van der Waals surface area contributed by atoms with Gasteiger partial charge in [-0.05, 0) is 44.5 Å². The summed E-state index contributed by atoms with van der Waals surface area (Å²) in [4.78, 5) is 18.8. The lowest BCUT2D eigenvalue weighted by molar-refractivity contribution is 0.0674. The lowest BCUT2D eigenvalue weighted by Crippen LogP contribution is -2.42. The highest BCUT2D eigenvalue weighted by molar-refractivity contribution is 5.94. The molecule has 1 amide bonds. The Kier molecular flexibility index (Phi) is 3.69. The summed E-state index contributed by atoms with van der Waals surface area (Å²) in [6.07, 6.45) is 7.77. The zero-order valence-corrected chi connectivity index (χ0v) is 11.7. The maximum absolute atomic E-state index is 12.6. The molecule has 1 saturated heterocycles. The van der Waals surface area contributed by atoms with E-state index in [1.165, 1.54) is 6.42 Å². The fourth-order valence-corrected chi connectivity index (χ4v) is 2.93. The highest BCUT2D eigenvalue weighted by Crippen LogP contribution is 2.18. The molecule has 5 heteroatoms. The summed E-state index contributed by atoms with van der Waals surface area (Å²) in [6, 6.07) is 3.76. The van der Waals surface area contributed by atoms with E-state index in [1.807, 2.05) is 40.9 Å². The molecule has 0 spiro atoms. The number of likely N-dealkylation sites (tertiary alicyclic amines) is 1. The normalized spacial score (nSPS) is 19.4. The third-order valence-corrected chi connectivity index (χ3v) is 3.93. The highest BCUT2D eigenvalue weighted by Gasteiger charge is 2.24. The fraction of sp³-hybridized carbons (Fsp3) is 0.467. The minimum atomic E-state index is 0.126. The van der Waals surface area contributed by atoms with Gasteiger partial charge in [0.25, 0.3) is 5.91 Å². The smallest absolute Gasteiger partial charge is 0.255 e. The van der Waals surface area contributed by atoms with Gasteiger partial charge in [0.05, 0.1) is 5.56 Å². The summed E-state index contributed by atoms with van der Waals surface area (Å²) in [5.41, 5.74) is 1.61. The second kappa shape index (κ2) is 5.63. The van der Waals surface area contributed by atoms with Crippen LogP contribution in [0.3, 0.4) is 0 Å². The number of piperidine rings is 1. The van der Waals surface area contributed by atoms with Crippen molar-refractivity contribution in [2.75, 3.05) is 26.7 Å². The largest absolute Gasteiger partial charge is 0.338 e. The molecule has 0 unspecified atom stereocenters. The van der Waals surface area contributed by atoms with Crippen molar-refractivity contribution >= 4 is 11.6 Å². The van der Waals surface area contributed by atoms with E-state index < -0.39 is 0 Å². The van der Waals surface area contributed by atoms with E-state index in [2.05, 4.69) is 10.3 Å². The van der Waals surface area contributed by atoms with E-state index in [0.29, 0.717) is 5.92 Å². The Balaban J connectivity index is 1.77. The second-order valence-electron chi connectivity index (χ2n) is 5.43. The van der Waals surface area contributed by atoms with Crippen molar-refractivity contribution in [3.05, 3.63) is 36.3 Å². The minimum absolute atomic E-state index is 0.126. The number of amides is 1. The Labute approximate surface area is 118 Å². The Morgan fingerprint density at radius 1 is 1.50 bits per heavy atom. The van der Waals surface area contributed by atoms with E-state index >= 15 is 0 Å². The number of hydrogen-bond acceptors (Lipinski definition) is 3. The van der Waals surface area contributed by atoms with Gasteiger partial charge in [0.1, 0.15) is 5.65 Å². The van der Waals surface area contributed by atoms with Gasteiger partial charge in [0, 0.05) is 31.7 Å². The van der Waals surface area contributed by atoms with Crippen LogP contribution < -0.4 is 5.32 Å². The molecule has 0 aliphatic carbocycles. The van der Waals surface area contributed by atoms with Crippen LogP contribution in [-0.2, 0) is 0 Å². The van der Waals surface area contributed by atoms with Gasteiger partial charge >= 0.3 is 0 Å². The topological polar surface area (TPSA) is 49.6 Å². The molecule has 0 bridgehead atoms. The Bertz CT molecular complexity index is 605. The monoisotopic (exact) mass is 272 g/mol. The molecular formula is C15H20N4O. The van der Waals surface area contributed by atoms with Crippen molar-refractivity contribution in [2.24, 2.45) is 5.92 Å². The molecule has 20 heavy (non-hydrogen) atoms. The average Bonchev–Trinajstić information content (AvgIpc) is 2.94. The van der Waals surface area contributed by atoms with Crippen molar-refractivity contribution in [3.63, 3.8) is 0 Å². The highest BCUT2D eigenvalue weighted by atomic mass is 16.2. The third kappa shape index (κ3) is 2.54.